The van der Waals surface area contributed by atoms with E-state index in [1.54, 1.807) is 67.9 Å². The monoisotopic (exact) mass is 795 g/mol. The SMILES string of the molecule is COCCOCCOCCNC(=O)c1cc(Nc2cc(Oc3ccc(NC(=O)Nc4cc(C(C)(C)C)cc(C(=O)O)c4OC)c4ccccc34)ccn2)cc(OC)c1. The van der Waals surface area contributed by atoms with E-state index < -0.39 is 17.4 Å². The van der Waals surface area contributed by atoms with Gasteiger partial charge in [-0.2, -0.15) is 0 Å². The second kappa shape index (κ2) is 20.1. The lowest BCUT2D eigenvalue weighted by atomic mass is 9.85. The molecule has 5 rings (SSSR count). The predicted octanol–water partition coefficient (Wildman–Crippen LogP) is 7.84. The van der Waals surface area contributed by atoms with Gasteiger partial charge in [0.1, 0.15) is 28.6 Å². The van der Waals surface area contributed by atoms with Crippen LogP contribution in [-0.4, -0.2) is 88.9 Å². The van der Waals surface area contributed by atoms with Crippen LogP contribution in [0.25, 0.3) is 10.8 Å². The van der Waals surface area contributed by atoms with Crippen molar-refractivity contribution in [2.45, 2.75) is 26.2 Å². The standard InChI is InChI=1S/C43H49N5O10/c1-43(2,3)28-23-34(41(50)51)39(55-6)36(24-28)48-42(52)47-35-11-12-37(33-10-8-7-9-32(33)35)58-30-13-14-44-38(26-30)46-29-21-27(22-31(25-29)54-5)40(49)45-15-16-56-19-20-57-18-17-53-4/h7-14,21-26H,15-20H2,1-6H3,(H,44,46)(H,45,49)(H,50,51)(H2,47,48,52). The van der Waals surface area contributed by atoms with Gasteiger partial charge in [-0.1, -0.05) is 45.0 Å². The number of rotatable bonds is 19. The molecule has 1 aromatic heterocycles. The number of ether oxygens (including phenoxy) is 6. The zero-order valence-corrected chi connectivity index (χ0v) is 33.4. The molecule has 5 N–H and O–H groups in total. The van der Waals surface area contributed by atoms with Crippen molar-refractivity contribution < 1.29 is 47.9 Å². The number of nitrogens with zero attached hydrogens (tertiary/aromatic N) is 1. The number of carboxylic acid groups (broad SMARTS) is 1. The van der Waals surface area contributed by atoms with Gasteiger partial charge in [-0.05, 0) is 53.4 Å². The maximum atomic E-state index is 13.4. The molecule has 0 unspecified atom stereocenters. The molecule has 1 heterocycles. The Labute approximate surface area is 337 Å². The minimum absolute atomic E-state index is 0.0430. The summed E-state index contributed by atoms with van der Waals surface area (Å²) in [5.74, 6) is 0.503. The van der Waals surface area contributed by atoms with E-state index in [4.69, 9.17) is 28.4 Å². The van der Waals surface area contributed by atoms with E-state index in [0.717, 1.165) is 5.39 Å². The van der Waals surface area contributed by atoms with Gasteiger partial charge in [-0.15, -0.1) is 0 Å². The van der Waals surface area contributed by atoms with Crippen LogP contribution in [0.4, 0.5) is 27.7 Å². The topological polar surface area (TPSA) is 188 Å². The highest BCUT2D eigenvalue weighted by Gasteiger charge is 2.24. The number of pyridine rings is 1. The van der Waals surface area contributed by atoms with E-state index in [1.807, 2.05) is 45.0 Å². The van der Waals surface area contributed by atoms with Crippen LogP contribution in [0.5, 0.6) is 23.0 Å². The molecule has 4 aromatic carbocycles. The largest absolute Gasteiger partial charge is 0.497 e. The summed E-state index contributed by atoms with van der Waals surface area (Å²) in [7, 11) is 4.49. The van der Waals surface area contributed by atoms with Crippen LogP contribution in [0.1, 0.15) is 47.1 Å². The second-order valence-corrected chi connectivity index (χ2v) is 13.9. The number of hydrogen-bond donors (Lipinski definition) is 5. The summed E-state index contributed by atoms with van der Waals surface area (Å²) in [4.78, 5) is 42.9. The molecular formula is C43H49N5O10. The fraction of sp³-hybridized carbons (Fsp3) is 0.302. The molecular weight excluding hydrogens is 746 g/mol. The van der Waals surface area contributed by atoms with Crippen molar-refractivity contribution in [1.29, 1.82) is 0 Å². The molecule has 306 valence electrons. The number of aromatic nitrogens is 1. The minimum atomic E-state index is -1.17. The normalized spacial score (nSPS) is 11.1. The van der Waals surface area contributed by atoms with E-state index in [-0.39, 0.29) is 22.9 Å². The van der Waals surface area contributed by atoms with Crippen molar-refractivity contribution in [3.05, 3.63) is 102 Å². The molecule has 0 aliphatic heterocycles. The quantitative estimate of drug-likeness (QED) is 0.0511. The van der Waals surface area contributed by atoms with Gasteiger partial charge >= 0.3 is 12.0 Å². The van der Waals surface area contributed by atoms with Crippen molar-refractivity contribution in [3.8, 4) is 23.0 Å². The van der Waals surface area contributed by atoms with Gasteiger partial charge in [0.2, 0.25) is 0 Å². The Hall–Kier alpha value is -6.42. The molecule has 0 atom stereocenters. The van der Waals surface area contributed by atoms with E-state index in [9.17, 15) is 19.5 Å². The second-order valence-electron chi connectivity index (χ2n) is 13.9. The van der Waals surface area contributed by atoms with Gasteiger partial charge in [-0.25, -0.2) is 14.6 Å². The minimum Gasteiger partial charge on any atom is -0.497 e. The lowest BCUT2D eigenvalue weighted by Crippen LogP contribution is -2.27. The highest BCUT2D eigenvalue weighted by Crippen LogP contribution is 2.37. The van der Waals surface area contributed by atoms with Crippen molar-refractivity contribution in [2.75, 3.05) is 76.9 Å². The summed E-state index contributed by atoms with van der Waals surface area (Å²) in [6.07, 6.45) is 1.59. The van der Waals surface area contributed by atoms with Crippen molar-refractivity contribution in [3.63, 3.8) is 0 Å². The molecule has 3 amide bonds. The molecule has 15 heteroatoms. The zero-order chi connectivity index (χ0) is 41.7. The van der Waals surface area contributed by atoms with Crippen LogP contribution in [0, 0.1) is 0 Å². The first kappa shape index (κ1) is 42.7. The van der Waals surface area contributed by atoms with Gasteiger partial charge in [0.25, 0.3) is 5.91 Å². The van der Waals surface area contributed by atoms with E-state index in [1.165, 1.54) is 14.2 Å². The molecule has 0 fully saturated rings. The van der Waals surface area contributed by atoms with Gasteiger partial charge in [0.15, 0.2) is 5.75 Å². The van der Waals surface area contributed by atoms with Crippen LogP contribution in [0.15, 0.2) is 85.1 Å². The zero-order valence-electron chi connectivity index (χ0n) is 33.4. The first-order valence-corrected chi connectivity index (χ1v) is 18.5. The average Bonchev–Trinajstić information content (AvgIpc) is 3.20. The Morgan fingerprint density at radius 1 is 0.741 bits per heavy atom. The van der Waals surface area contributed by atoms with Gasteiger partial charge in [0, 0.05) is 54.0 Å². The Morgan fingerprint density at radius 2 is 1.47 bits per heavy atom. The molecule has 5 aromatic rings. The summed E-state index contributed by atoms with van der Waals surface area (Å²) in [5, 5.41) is 23.0. The smallest absolute Gasteiger partial charge is 0.339 e. The van der Waals surface area contributed by atoms with Crippen LogP contribution in [0.2, 0.25) is 0 Å². The van der Waals surface area contributed by atoms with Crippen LogP contribution in [-0.2, 0) is 19.6 Å². The third kappa shape index (κ3) is 11.6. The summed E-state index contributed by atoms with van der Waals surface area (Å²) in [5.41, 5.74) is 1.94. The number of benzene rings is 4. The molecule has 0 spiro atoms. The third-order valence-electron chi connectivity index (χ3n) is 8.74. The van der Waals surface area contributed by atoms with Crippen molar-refractivity contribution in [1.82, 2.24) is 10.3 Å². The van der Waals surface area contributed by atoms with E-state index in [2.05, 4.69) is 26.3 Å². The van der Waals surface area contributed by atoms with Gasteiger partial charge < -0.3 is 54.8 Å². The Kier molecular flexibility index (Phi) is 14.8. The number of methoxy groups -OCH3 is 3. The molecule has 0 saturated carbocycles. The van der Waals surface area contributed by atoms with Crippen LogP contribution >= 0.6 is 0 Å². The lowest BCUT2D eigenvalue weighted by molar-refractivity contribution is 0.0255. The lowest BCUT2D eigenvalue weighted by Gasteiger charge is -2.23. The Balaban J connectivity index is 1.27. The van der Waals surface area contributed by atoms with E-state index >= 15 is 0 Å². The van der Waals surface area contributed by atoms with Crippen LogP contribution in [0.3, 0.4) is 0 Å². The molecule has 0 aliphatic carbocycles. The number of hydrogen-bond acceptors (Lipinski definition) is 11. The van der Waals surface area contributed by atoms with Crippen LogP contribution < -0.4 is 35.5 Å². The number of fused-ring (bicyclic) bond motifs is 1. The number of carbonyl (C=O) groups excluding carboxylic acids is 2. The predicted molar refractivity (Wildman–Crippen MR) is 222 cm³/mol. The highest BCUT2D eigenvalue weighted by molar-refractivity contribution is 6.08. The molecule has 58 heavy (non-hydrogen) atoms. The number of urea groups is 1. The fourth-order valence-corrected chi connectivity index (χ4v) is 5.82. The number of carboxylic acids is 1. The number of aromatic carboxylic acids is 1. The first-order chi connectivity index (χ1) is 27.9. The summed E-state index contributed by atoms with van der Waals surface area (Å²) >= 11 is 0. The summed E-state index contributed by atoms with van der Waals surface area (Å²) < 4.78 is 33.0. The highest BCUT2D eigenvalue weighted by atomic mass is 16.5. The van der Waals surface area contributed by atoms with Crippen molar-refractivity contribution >= 4 is 51.6 Å². The number of carbonyl (C=O) groups is 3. The van der Waals surface area contributed by atoms with E-state index in [0.29, 0.717) is 90.5 Å². The number of nitrogens with one attached hydrogen (secondary N) is 4. The molecule has 0 saturated heterocycles. The fourth-order valence-electron chi connectivity index (χ4n) is 5.82. The Bertz CT molecular complexity index is 2220. The number of anilines is 4. The maximum Gasteiger partial charge on any atom is 0.339 e. The molecule has 0 radical (unpaired) electrons. The third-order valence-corrected chi connectivity index (χ3v) is 8.74. The molecule has 15 nitrogen and oxygen atoms in total. The van der Waals surface area contributed by atoms with Crippen molar-refractivity contribution in [2.24, 2.45) is 0 Å². The Morgan fingerprint density at radius 3 is 2.17 bits per heavy atom. The molecule has 0 aliphatic rings. The number of amides is 3. The van der Waals surface area contributed by atoms with Gasteiger partial charge in [-0.3, -0.25) is 4.79 Å². The summed E-state index contributed by atoms with van der Waals surface area (Å²) in [6, 6.07) is 22.1. The average molecular weight is 796 g/mol. The first-order valence-electron chi connectivity index (χ1n) is 18.5. The summed E-state index contributed by atoms with van der Waals surface area (Å²) in [6.45, 7) is 8.35. The van der Waals surface area contributed by atoms with Gasteiger partial charge in [0.05, 0.1) is 58.6 Å². The maximum absolute atomic E-state index is 13.4. The molecule has 0 bridgehead atoms.